The van der Waals surface area contributed by atoms with E-state index in [1.165, 1.54) is 7.11 Å². The van der Waals surface area contributed by atoms with Gasteiger partial charge in [0.2, 0.25) is 0 Å². The highest BCUT2D eigenvalue weighted by atomic mass is 35.5. The quantitative estimate of drug-likeness (QED) is 0.0962. The molecule has 4 rings (SSSR count). The normalized spacial score (nSPS) is 9.61. The number of nitrogen functional groups attached to an aromatic ring is 1. The monoisotopic (exact) mass is 682 g/mol. The van der Waals surface area contributed by atoms with Crippen LogP contribution in [-0.2, 0) is 4.74 Å². The number of rotatable bonds is 4. The molecule has 13 heteroatoms. The number of methoxy groups -OCH3 is 1. The first-order chi connectivity index (χ1) is 20.5. The molecule has 0 fully saturated rings. The number of carboxylic acid groups (broad SMARTS) is 1. The molecule has 0 aliphatic rings. The van der Waals surface area contributed by atoms with Crippen molar-refractivity contribution in [3.63, 3.8) is 0 Å². The summed E-state index contributed by atoms with van der Waals surface area (Å²) < 4.78 is 16.9. The second kappa shape index (κ2) is 19.0. The average molecular weight is 684 g/mol. The SMILES string of the molecule is CB(O)Nc1ccc(C)cc1Cl.COC(=O)c1ccc(C)cc1Cl.Cc1ccc(N)c(Cl)c1.O=C(O)c1ccc(F)cc1Cl. The number of halogens is 5. The lowest BCUT2D eigenvalue weighted by molar-refractivity contribution is 0.0600. The third kappa shape index (κ3) is 13.9. The van der Waals surface area contributed by atoms with Gasteiger partial charge in [-0.2, -0.15) is 0 Å². The van der Waals surface area contributed by atoms with Gasteiger partial charge >= 0.3 is 19.0 Å². The number of aromatic carboxylic acids is 1. The minimum Gasteiger partial charge on any atom is -0.478 e. The van der Waals surface area contributed by atoms with Crippen LogP contribution in [0.3, 0.4) is 0 Å². The van der Waals surface area contributed by atoms with Gasteiger partial charge in [0.25, 0.3) is 0 Å². The summed E-state index contributed by atoms with van der Waals surface area (Å²) in [4.78, 5) is 21.4. The molecule has 44 heavy (non-hydrogen) atoms. The molecule has 0 atom stereocenters. The number of carboxylic acids is 1. The van der Waals surface area contributed by atoms with E-state index in [-0.39, 0.29) is 10.6 Å². The van der Waals surface area contributed by atoms with Crippen molar-refractivity contribution >= 4 is 76.8 Å². The lowest BCUT2D eigenvalue weighted by Crippen LogP contribution is -2.19. The van der Waals surface area contributed by atoms with Crippen LogP contribution in [0, 0.1) is 26.6 Å². The smallest absolute Gasteiger partial charge is 0.406 e. The first-order valence-electron chi connectivity index (χ1n) is 12.8. The molecule has 0 spiro atoms. The third-order valence-electron chi connectivity index (χ3n) is 5.34. The lowest BCUT2D eigenvalue weighted by atomic mass is 9.88. The number of hydrogen-bond acceptors (Lipinski definition) is 6. The third-order valence-corrected chi connectivity index (χ3v) is 6.60. The molecule has 0 unspecified atom stereocenters. The molecule has 0 saturated carbocycles. The number of ether oxygens (including phenoxy) is 1. The number of benzene rings is 4. The fourth-order valence-corrected chi connectivity index (χ4v) is 4.24. The summed E-state index contributed by atoms with van der Waals surface area (Å²) in [5.41, 5.74) is 10.4. The maximum atomic E-state index is 12.3. The van der Waals surface area contributed by atoms with Gasteiger partial charge in [-0.15, -0.1) is 0 Å². The van der Waals surface area contributed by atoms with E-state index in [0.717, 1.165) is 40.6 Å². The number of carbonyl (C=O) groups excluding carboxylic acids is 1. The fraction of sp³-hybridized carbons (Fsp3) is 0.161. The summed E-state index contributed by atoms with van der Waals surface area (Å²) >= 11 is 22.8. The molecule has 0 amide bonds. The Kier molecular flexibility index (Phi) is 16.7. The minimum atomic E-state index is -1.16. The first-order valence-corrected chi connectivity index (χ1v) is 14.3. The Morgan fingerprint density at radius 2 is 1.25 bits per heavy atom. The molecule has 4 aromatic carbocycles. The van der Waals surface area contributed by atoms with Gasteiger partial charge in [0.1, 0.15) is 5.82 Å². The molecule has 0 aliphatic carbocycles. The highest BCUT2D eigenvalue weighted by molar-refractivity contribution is 6.53. The Balaban J connectivity index is 0.000000295. The molecule has 0 radical (unpaired) electrons. The summed E-state index contributed by atoms with van der Waals surface area (Å²) in [7, 11) is 0.753. The van der Waals surface area contributed by atoms with E-state index in [1.54, 1.807) is 25.0 Å². The second-order valence-corrected chi connectivity index (χ2v) is 10.9. The Labute approximate surface area is 276 Å². The molecule has 5 N–H and O–H groups in total. The van der Waals surface area contributed by atoms with E-state index in [0.29, 0.717) is 26.3 Å². The zero-order valence-electron chi connectivity index (χ0n) is 24.6. The summed E-state index contributed by atoms with van der Waals surface area (Å²) in [5.74, 6) is -2.10. The lowest BCUT2D eigenvalue weighted by Gasteiger charge is -2.08. The Morgan fingerprint density at radius 1 is 0.773 bits per heavy atom. The molecule has 234 valence electrons. The van der Waals surface area contributed by atoms with Gasteiger partial charge in [0, 0.05) is 5.69 Å². The second-order valence-electron chi connectivity index (χ2n) is 9.23. The van der Waals surface area contributed by atoms with Crippen LogP contribution in [-0.4, -0.2) is 36.2 Å². The van der Waals surface area contributed by atoms with Gasteiger partial charge in [-0.25, -0.2) is 14.0 Å². The van der Waals surface area contributed by atoms with Crippen LogP contribution in [0.15, 0.2) is 72.8 Å². The standard InChI is InChI=1S/C9H9ClO2.C8H11BClNO.C7H4ClFO2.C7H8ClN/c1-6-3-4-7(8(10)5-6)9(11)12-2;1-6-3-4-8(7(10)5-6)11-9(2)12;8-6-3-4(9)1-2-5(6)7(10)11;1-5-2-3-7(9)6(8)4-5/h3-5H,1-2H3;3-5,11-12H,1-2H3;1-3H,(H,10,11);2-4H,9H2,1H3. The van der Waals surface area contributed by atoms with Crippen LogP contribution in [0.2, 0.25) is 26.9 Å². The predicted octanol–water partition coefficient (Wildman–Crippen LogP) is 9.01. The minimum absolute atomic E-state index is 0.0856. The molecule has 0 aliphatic heterocycles. The van der Waals surface area contributed by atoms with E-state index in [2.05, 4.69) is 9.96 Å². The summed E-state index contributed by atoms with van der Waals surface area (Å²) in [6.45, 7) is 7.51. The maximum Gasteiger partial charge on any atom is 0.406 e. The molecular weight excluding hydrogens is 652 g/mol. The van der Waals surface area contributed by atoms with Crippen LogP contribution in [0.5, 0.6) is 0 Å². The van der Waals surface area contributed by atoms with Gasteiger partial charge in [0.05, 0.1) is 44.0 Å². The number of carbonyl (C=O) groups is 2. The Bertz CT molecular complexity index is 1570. The molecule has 7 nitrogen and oxygen atoms in total. The van der Waals surface area contributed by atoms with Crippen molar-refractivity contribution in [2.45, 2.75) is 27.6 Å². The highest BCUT2D eigenvalue weighted by Crippen LogP contribution is 2.23. The zero-order chi connectivity index (χ0) is 33.6. The van der Waals surface area contributed by atoms with Crippen molar-refractivity contribution in [3.8, 4) is 0 Å². The number of nitrogens with one attached hydrogen (secondary N) is 1. The molecule has 0 heterocycles. The van der Waals surface area contributed by atoms with Crippen LogP contribution in [0.1, 0.15) is 37.4 Å². The zero-order valence-corrected chi connectivity index (χ0v) is 27.6. The van der Waals surface area contributed by atoms with Crippen molar-refractivity contribution in [3.05, 3.63) is 127 Å². The van der Waals surface area contributed by atoms with E-state index in [1.807, 2.05) is 57.2 Å². The number of esters is 1. The van der Waals surface area contributed by atoms with E-state index >= 15 is 0 Å². The van der Waals surface area contributed by atoms with Crippen LogP contribution >= 0.6 is 46.4 Å². The van der Waals surface area contributed by atoms with E-state index in [9.17, 15) is 14.0 Å². The van der Waals surface area contributed by atoms with Crippen molar-refractivity contribution in [2.24, 2.45) is 0 Å². The summed E-state index contributed by atoms with van der Waals surface area (Å²) in [5, 5.41) is 21.9. The largest absolute Gasteiger partial charge is 0.478 e. The van der Waals surface area contributed by atoms with Gasteiger partial charge in [-0.3, -0.25) is 0 Å². The van der Waals surface area contributed by atoms with Gasteiger partial charge < -0.3 is 25.8 Å². The Morgan fingerprint density at radius 3 is 1.68 bits per heavy atom. The van der Waals surface area contributed by atoms with Gasteiger partial charge in [0.15, 0.2) is 0 Å². The number of nitrogens with two attached hydrogens (primary N) is 1. The molecule has 0 bridgehead atoms. The topological polar surface area (TPSA) is 122 Å². The van der Waals surface area contributed by atoms with Crippen molar-refractivity contribution in [2.75, 3.05) is 18.1 Å². The van der Waals surface area contributed by atoms with E-state index in [4.69, 9.17) is 62.3 Å². The average Bonchev–Trinajstić information content (AvgIpc) is 2.93. The highest BCUT2D eigenvalue weighted by Gasteiger charge is 2.10. The summed E-state index contributed by atoms with van der Waals surface area (Å²) in [6.07, 6.45) is 0. The van der Waals surface area contributed by atoms with Crippen molar-refractivity contribution in [1.82, 2.24) is 0 Å². The van der Waals surface area contributed by atoms with E-state index < -0.39 is 24.8 Å². The summed E-state index contributed by atoms with van der Waals surface area (Å²) in [6, 6.07) is 19.6. The Hall–Kier alpha value is -3.47. The van der Waals surface area contributed by atoms with Crippen molar-refractivity contribution in [1.29, 1.82) is 0 Å². The molecule has 0 saturated heterocycles. The van der Waals surface area contributed by atoms with Crippen LogP contribution < -0.4 is 11.0 Å². The van der Waals surface area contributed by atoms with Crippen molar-refractivity contribution < 1.29 is 28.8 Å². The predicted molar refractivity (Wildman–Crippen MR) is 180 cm³/mol. The fourth-order valence-electron chi connectivity index (χ4n) is 3.15. The van der Waals surface area contributed by atoms with Crippen LogP contribution in [0.25, 0.3) is 0 Å². The number of aryl methyl sites for hydroxylation is 3. The van der Waals surface area contributed by atoms with Gasteiger partial charge in [-0.1, -0.05) is 64.6 Å². The molecule has 0 aromatic heterocycles. The number of anilines is 2. The first kappa shape index (κ1) is 38.6. The maximum absolute atomic E-state index is 12.3. The molecular formula is C31H32BCl4FN2O5. The number of hydrogen-bond donors (Lipinski definition) is 4. The van der Waals surface area contributed by atoms with Crippen LogP contribution in [0.4, 0.5) is 15.8 Å². The molecule has 4 aromatic rings. The van der Waals surface area contributed by atoms with Gasteiger partial charge in [-0.05, 0) is 98.9 Å².